The number of amides is 1. The average Bonchev–Trinajstić information content (AvgIpc) is 2.49. The van der Waals surface area contributed by atoms with Crippen LogP contribution in [0.5, 0.6) is 0 Å². The Morgan fingerprint density at radius 1 is 1.17 bits per heavy atom. The molecule has 3 heteroatoms. The third kappa shape index (κ3) is 8.06. The fourth-order valence-electron chi connectivity index (χ4n) is 2.21. The highest BCUT2D eigenvalue weighted by atomic mass is 16.6. The topological polar surface area (TPSA) is 38.3 Å². The van der Waals surface area contributed by atoms with E-state index < -0.39 is 11.7 Å². The number of nitrogens with one attached hydrogen (secondary N) is 1. The van der Waals surface area contributed by atoms with Gasteiger partial charge in [-0.1, -0.05) is 38.5 Å². The molecule has 0 saturated carbocycles. The molecule has 1 N–H and O–H groups in total. The first-order chi connectivity index (χ1) is 11.4. The van der Waals surface area contributed by atoms with Crippen molar-refractivity contribution in [1.29, 1.82) is 0 Å². The lowest BCUT2D eigenvalue weighted by molar-refractivity contribution is 0.0636. The summed E-state index contributed by atoms with van der Waals surface area (Å²) in [5.74, 6) is 6.53. The van der Waals surface area contributed by atoms with Crippen LogP contribution >= 0.6 is 0 Å². The Morgan fingerprint density at radius 3 is 2.50 bits per heavy atom. The lowest BCUT2D eigenvalue weighted by atomic mass is 10.0. The van der Waals surface area contributed by atoms with Gasteiger partial charge in [0.2, 0.25) is 0 Å². The lowest BCUT2D eigenvalue weighted by Gasteiger charge is -2.20. The third-order valence-corrected chi connectivity index (χ3v) is 3.43. The van der Waals surface area contributed by atoms with Crippen LogP contribution in [0.15, 0.2) is 18.2 Å². The van der Waals surface area contributed by atoms with E-state index in [1.54, 1.807) is 0 Å². The normalized spacial score (nSPS) is 10.7. The Hall–Kier alpha value is -1.95. The van der Waals surface area contributed by atoms with Crippen LogP contribution < -0.4 is 5.32 Å². The van der Waals surface area contributed by atoms with Crippen molar-refractivity contribution >= 4 is 11.8 Å². The van der Waals surface area contributed by atoms with Gasteiger partial charge in [0.1, 0.15) is 5.60 Å². The fraction of sp³-hybridized carbons (Fsp3) is 0.571. The molecule has 0 heterocycles. The maximum Gasteiger partial charge on any atom is 0.412 e. The molecule has 0 aliphatic heterocycles. The Morgan fingerprint density at radius 2 is 1.88 bits per heavy atom. The maximum atomic E-state index is 11.9. The van der Waals surface area contributed by atoms with Crippen molar-refractivity contribution in [3.8, 4) is 11.8 Å². The molecule has 3 nitrogen and oxygen atoms in total. The van der Waals surface area contributed by atoms with Crippen molar-refractivity contribution in [3.63, 3.8) is 0 Å². The van der Waals surface area contributed by atoms with Crippen LogP contribution in [0.3, 0.4) is 0 Å². The number of hydrogen-bond acceptors (Lipinski definition) is 2. The molecular formula is C21H31NO2. The second-order valence-electron chi connectivity index (χ2n) is 7.01. The van der Waals surface area contributed by atoms with Gasteiger partial charge in [-0.25, -0.2) is 4.79 Å². The van der Waals surface area contributed by atoms with Crippen molar-refractivity contribution in [3.05, 3.63) is 29.3 Å². The summed E-state index contributed by atoms with van der Waals surface area (Å²) >= 11 is 0. The summed E-state index contributed by atoms with van der Waals surface area (Å²) < 4.78 is 5.31. The van der Waals surface area contributed by atoms with Crippen molar-refractivity contribution in [1.82, 2.24) is 0 Å². The number of benzene rings is 1. The molecule has 0 atom stereocenters. The molecule has 0 aromatic heterocycles. The van der Waals surface area contributed by atoms with Crippen LogP contribution in [0.4, 0.5) is 10.5 Å². The number of hydrogen-bond donors (Lipinski definition) is 1. The van der Waals surface area contributed by atoms with Gasteiger partial charge < -0.3 is 4.74 Å². The number of unbranched alkanes of at least 4 members (excludes halogenated alkanes) is 3. The largest absolute Gasteiger partial charge is 0.444 e. The molecule has 0 fully saturated rings. The second kappa shape index (κ2) is 10.0. The predicted molar refractivity (Wildman–Crippen MR) is 101 cm³/mol. The predicted octanol–water partition coefficient (Wildman–Crippen LogP) is 5.92. The third-order valence-electron chi connectivity index (χ3n) is 3.43. The average molecular weight is 329 g/mol. The highest BCUT2D eigenvalue weighted by Crippen LogP contribution is 2.19. The highest BCUT2D eigenvalue weighted by Gasteiger charge is 2.16. The number of rotatable bonds is 6. The molecule has 0 aliphatic carbocycles. The van der Waals surface area contributed by atoms with Gasteiger partial charge in [-0.3, -0.25) is 5.32 Å². The van der Waals surface area contributed by atoms with E-state index in [0.717, 1.165) is 49.8 Å². The van der Waals surface area contributed by atoms with Crippen LogP contribution in [0.1, 0.15) is 77.8 Å². The molecule has 1 rings (SSSR count). The van der Waals surface area contributed by atoms with E-state index in [4.69, 9.17) is 4.74 Å². The highest BCUT2D eigenvalue weighted by molar-refractivity contribution is 5.85. The van der Waals surface area contributed by atoms with Crippen molar-refractivity contribution in [2.24, 2.45) is 0 Å². The van der Waals surface area contributed by atoms with Crippen LogP contribution in [0, 0.1) is 11.8 Å². The Bertz CT molecular complexity index is 588. The molecule has 0 unspecified atom stereocenters. The quantitative estimate of drug-likeness (QED) is 0.520. The number of anilines is 1. The van der Waals surface area contributed by atoms with Gasteiger partial charge in [-0.05, 0) is 63.8 Å². The summed E-state index contributed by atoms with van der Waals surface area (Å²) in [6.45, 7) is 9.91. The monoisotopic (exact) mass is 329 g/mol. The number of carbonyl (C=O) groups is 1. The van der Waals surface area contributed by atoms with E-state index in [0.29, 0.717) is 0 Å². The van der Waals surface area contributed by atoms with Crippen LogP contribution in [0.25, 0.3) is 0 Å². The first kappa shape index (κ1) is 20.1. The summed E-state index contributed by atoms with van der Waals surface area (Å²) in [5, 5.41) is 2.81. The molecular weight excluding hydrogens is 298 g/mol. The van der Waals surface area contributed by atoms with Crippen molar-refractivity contribution in [2.45, 2.75) is 78.7 Å². The van der Waals surface area contributed by atoms with Gasteiger partial charge in [-0.2, -0.15) is 0 Å². The van der Waals surface area contributed by atoms with E-state index in [-0.39, 0.29) is 0 Å². The van der Waals surface area contributed by atoms with Crippen molar-refractivity contribution in [2.75, 3.05) is 5.32 Å². The first-order valence-corrected chi connectivity index (χ1v) is 8.97. The molecule has 132 valence electrons. The smallest absolute Gasteiger partial charge is 0.412 e. The standard InChI is InChI=1S/C21H31NO2/c1-6-8-10-11-13-17-14-15-19(16-18(17)12-9-7-2)22-20(23)24-21(3,4)5/h14-16H,6-10,12H2,1-5H3,(H,22,23). The fourth-order valence-corrected chi connectivity index (χ4v) is 2.21. The Kier molecular flexibility index (Phi) is 8.40. The lowest BCUT2D eigenvalue weighted by Crippen LogP contribution is -2.27. The summed E-state index contributed by atoms with van der Waals surface area (Å²) in [6.07, 6.45) is 6.02. The zero-order chi connectivity index (χ0) is 18.0. The minimum absolute atomic E-state index is 0.425. The molecule has 1 amide bonds. The van der Waals surface area contributed by atoms with E-state index in [1.807, 2.05) is 39.0 Å². The maximum absolute atomic E-state index is 11.9. The summed E-state index contributed by atoms with van der Waals surface area (Å²) in [4.78, 5) is 11.9. The van der Waals surface area contributed by atoms with Crippen LogP contribution in [-0.2, 0) is 11.2 Å². The Labute approximate surface area is 147 Å². The van der Waals surface area contributed by atoms with Crippen LogP contribution in [-0.4, -0.2) is 11.7 Å². The summed E-state index contributed by atoms with van der Waals surface area (Å²) in [6, 6.07) is 5.91. The molecule has 1 aromatic carbocycles. The van der Waals surface area contributed by atoms with Gasteiger partial charge in [-0.15, -0.1) is 0 Å². The molecule has 0 aliphatic rings. The molecule has 1 aromatic rings. The van der Waals surface area contributed by atoms with Crippen molar-refractivity contribution < 1.29 is 9.53 Å². The summed E-state index contributed by atoms with van der Waals surface area (Å²) in [7, 11) is 0. The minimum Gasteiger partial charge on any atom is -0.444 e. The van der Waals surface area contributed by atoms with Gasteiger partial charge in [0, 0.05) is 17.7 Å². The zero-order valence-corrected chi connectivity index (χ0v) is 15.8. The second-order valence-corrected chi connectivity index (χ2v) is 7.01. The zero-order valence-electron chi connectivity index (χ0n) is 15.8. The van der Waals surface area contributed by atoms with E-state index in [1.165, 1.54) is 5.56 Å². The molecule has 0 radical (unpaired) electrons. The number of ether oxygens (including phenoxy) is 1. The van der Waals surface area contributed by atoms with Gasteiger partial charge in [0.25, 0.3) is 0 Å². The van der Waals surface area contributed by atoms with Gasteiger partial charge in [0.05, 0.1) is 0 Å². The molecule has 0 bridgehead atoms. The van der Waals surface area contributed by atoms with Gasteiger partial charge in [0.15, 0.2) is 0 Å². The molecule has 0 spiro atoms. The van der Waals surface area contributed by atoms with Gasteiger partial charge >= 0.3 is 6.09 Å². The SMILES string of the molecule is CCCCC#Cc1ccc(NC(=O)OC(C)(C)C)cc1CCCC. The van der Waals surface area contributed by atoms with E-state index in [9.17, 15) is 4.79 Å². The van der Waals surface area contributed by atoms with E-state index >= 15 is 0 Å². The Balaban J connectivity index is 2.88. The minimum atomic E-state index is -0.500. The molecule has 24 heavy (non-hydrogen) atoms. The van der Waals surface area contributed by atoms with Crippen LogP contribution in [0.2, 0.25) is 0 Å². The molecule has 0 saturated heterocycles. The summed E-state index contributed by atoms with van der Waals surface area (Å²) in [5.41, 5.74) is 2.51. The first-order valence-electron chi connectivity index (χ1n) is 8.97. The number of carbonyl (C=O) groups excluding carboxylic acids is 1. The van der Waals surface area contributed by atoms with E-state index in [2.05, 4.69) is 31.0 Å². The number of aryl methyl sites for hydroxylation is 1.